The first-order valence-corrected chi connectivity index (χ1v) is 8.78. The van der Waals surface area contributed by atoms with Gasteiger partial charge in [0.1, 0.15) is 5.15 Å². The summed E-state index contributed by atoms with van der Waals surface area (Å²) < 4.78 is 5.53. The van der Waals surface area contributed by atoms with Gasteiger partial charge < -0.3 is 4.74 Å². The molecule has 1 fully saturated rings. The van der Waals surface area contributed by atoms with Crippen molar-refractivity contribution in [3.8, 4) is 0 Å². The Kier molecular flexibility index (Phi) is 3.32. The fourth-order valence-electron chi connectivity index (χ4n) is 3.46. The van der Waals surface area contributed by atoms with E-state index in [1.54, 1.807) is 0 Å². The molecule has 0 saturated heterocycles. The highest BCUT2D eigenvalue weighted by molar-refractivity contribution is 6.30. The molecular weight excluding hydrogens is 320 g/mol. The van der Waals surface area contributed by atoms with Crippen LogP contribution in [0, 0.1) is 0 Å². The van der Waals surface area contributed by atoms with E-state index in [-0.39, 0.29) is 0 Å². The standard InChI is InChI=1S/C20H17ClN2O/c21-20-17-11-24-10-16(17)15-5-1-12(8-19(15)23-20)7-13-2-6-18(22-9-13)14-3-4-14/h1-2,5-6,8-9,14H,3-4,7,10-11H2. The minimum atomic E-state index is 0.567. The van der Waals surface area contributed by atoms with Crippen molar-refractivity contribution in [2.45, 2.75) is 38.4 Å². The van der Waals surface area contributed by atoms with E-state index in [9.17, 15) is 0 Å². The lowest BCUT2D eigenvalue weighted by atomic mass is 10.0. The smallest absolute Gasteiger partial charge is 0.135 e. The molecule has 0 spiro atoms. The quantitative estimate of drug-likeness (QED) is 0.645. The molecule has 0 N–H and O–H groups in total. The molecule has 0 radical (unpaired) electrons. The molecule has 2 aliphatic rings. The van der Waals surface area contributed by atoms with Crippen LogP contribution in [0.5, 0.6) is 0 Å². The highest BCUT2D eigenvalue weighted by atomic mass is 35.5. The lowest BCUT2D eigenvalue weighted by molar-refractivity contribution is 0.135. The fourth-order valence-corrected chi connectivity index (χ4v) is 3.72. The maximum absolute atomic E-state index is 6.31. The number of pyridine rings is 2. The van der Waals surface area contributed by atoms with E-state index in [1.807, 2.05) is 6.20 Å². The molecule has 3 heterocycles. The van der Waals surface area contributed by atoms with Gasteiger partial charge in [0.2, 0.25) is 0 Å². The molecule has 0 atom stereocenters. The molecule has 1 aliphatic carbocycles. The minimum Gasteiger partial charge on any atom is -0.372 e. The maximum atomic E-state index is 6.31. The number of rotatable bonds is 3. The van der Waals surface area contributed by atoms with Crippen LogP contribution in [0.2, 0.25) is 5.15 Å². The van der Waals surface area contributed by atoms with Crippen LogP contribution in [-0.2, 0) is 24.4 Å². The lowest BCUT2D eigenvalue weighted by Crippen LogP contribution is -1.95. The largest absolute Gasteiger partial charge is 0.372 e. The number of fused-ring (bicyclic) bond motifs is 3. The van der Waals surface area contributed by atoms with Crippen LogP contribution in [-0.4, -0.2) is 9.97 Å². The Morgan fingerprint density at radius 1 is 1.04 bits per heavy atom. The van der Waals surface area contributed by atoms with Crippen LogP contribution in [0.1, 0.15) is 46.7 Å². The van der Waals surface area contributed by atoms with Crippen LogP contribution in [0.15, 0.2) is 36.5 Å². The van der Waals surface area contributed by atoms with Crippen LogP contribution in [0.25, 0.3) is 10.9 Å². The predicted molar refractivity (Wildman–Crippen MR) is 94.3 cm³/mol. The first-order valence-electron chi connectivity index (χ1n) is 8.40. The van der Waals surface area contributed by atoms with E-state index in [4.69, 9.17) is 16.3 Å². The molecule has 1 aromatic carbocycles. The summed E-state index contributed by atoms with van der Waals surface area (Å²) in [4.78, 5) is 9.17. The van der Waals surface area contributed by atoms with Gasteiger partial charge in [0, 0.05) is 28.8 Å². The SMILES string of the molecule is Clc1nc2cc(Cc3ccc(C4CC4)nc3)ccc2c2c1COC2. The second kappa shape index (κ2) is 5.54. The molecule has 0 amide bonds. The molecule has 24 heavy (non-hydrogen) atoms. The lowest BCUT2D eigenvalue weighted by Gasteiger charge is -2.08. The van der Waals surface area contributed by atoms with Gasteiger partial charge in [-0.15, -0.1) is 0 Å². The third-order valence-corrected chi connectivity index (χ3v) is 5.28. The van der Waals surface area contributed by atoms with Gasteiger partial charge in [-0.25, -0.2) is 4.98 Å². The summed E-state index contributed by atoms with van der Waals surface area (Å²) in [5, 5.41) is 1.72. The van der Waals surface area contributed by atoms with Crippen LogP contribution < -0.4 is 0 Å². The van der Waals surface area contributed by atoms with E-state index in [2.05, 4.69) is 40.3 Å². The summed E-state index contributed by atoms with van der Waals surface area (Å²) in [7, 11) is 0. The van der Waals surface area contributed by atoms with Gasteiger partial charge >= 0.3 is 0 Å². The minimum absolute atomic E-state index is 0.567. The zero-order valence-electron chi connectivity index (χ0n) is 13.3. The molecule has 0 unspecified atom stereocenters. The van der Waals surface area contributed by atoms with Gasteiger partial charge in [0.15, 0.2) is 0 Å². The van der Waals surface area contributed by atoms with Crippen molar-refractivity contribution in [1.82, 2.24) is 9.97 Å². The van der Waals surface area contributed by atoms with Gasteiger partial charge in [-0.1, -0.05) is 29.8 Å². The third kappa shape index (κ3) is 2.48. The molecule has 2 aromatic heterocycles. The van der Waals surface area contributed by atoms with Gasteiger partial charge in [-0.3, -0.25) is 4.98 Å². The average Bonchev–Trinajstić information content (AvgIpc) is 3.32. The Bertz CT molecular complexity index is 933. The van der Waals surface area contributed by atoms with Crippen molar-refractivity contribution < 1.29 is 4.74 Å². The van der Waals surface area contributed by atoms with Crippen molar-refractivity contribution in [3.63, 3.8) is 0 Å². The first kappa shape index (κ1) is 14.4. The Hall–Kier alpha value is -1.97. The highest BCUT2D eigenvalue weighted by Gasteiger charge is 2.24. The second-order valence-corrected chi connectivity index (χ2v) is 7.10. The molecule has 0 bridgehead atoms. The molecule has 3 aromatic rings. The number of nitrogens with zero attached hydrogens (tertiary/aromatic N) is 2. The Morgan fingerprint density at radius 3 is 2.67 bits per heavy atom. The summed E-state index contributed by atoms with van der Waals surface area (Å²) in [5.41, 5.74) is 6.87. The van der Waals surface area contributed by atoms with Crippen molar-refractivity contribution >= 4 is 22.5 Å². The highest BCUT2D eigenvalue weighted by Crippen LogP contribution is 2.38. The molecule has 1 aliphatic heterocycles. The molecule has 120 valence electrons. The normalized spacial score (nSPS) is 16.5. The van der Waals surface area contributed by atoms with Crippen molar-refractivity contribution in [1.29, 1.82) is 0 Å². The fraction of sp³-hybridized carbons (Fsp3) is 0.300. The second-order valence-electron chi connectivity index (χ2n) is 6.75. The Labute approximate surface area is 145 Å². The molecule has 3 nitrogen and oxygen atoms in total. The van der Waals surface area contributed by atoms with Crippen molar-refractivity contribution in [2.24, 2.45) is 0 Å². The predicted octanol–water partition coefficient (Wildman–Crippen LogP) is 4.78. The molecule has 5 rings (SSSR count). The summed E-state index contributed by atoms with van der Waals surface area (Å²) in [5.74, 6) is 0.704. The van der Waals surface area contributed by atoms with E-state index in [0.29, 0.717) is 24.3 Å². The summed E-state index contributed by atoms with van der Waals surface area (Å²) in [6.07, 6.45) is 5.45. The number of ether oxygens (including phenoxy) is 1. The topological polar surface area (TPSA) is 35.0 Å². The Morgan fingerprint density at radius 2 is 1.88 bits per heavy atom. The van der Waals surface area contributed by atoms with Gasteiger partial charge in [0.25, 0.3) is 0 Å². The van der Waals surface area contributed by atoms with E-state index in [1.165, 1.54) is 35.2 Å². The zero-order chi connectivity index (χ0) is 16.1. The van der Waals surface area contributed by atoms with Crippen LogP contribution >= 0.6 is 11.6 Å². The van der Waals surface area contributed by atoms with E-state index >= 15 is 0 Å². The average molecular weight is 337 g/mol. The number of hydrogen-bond acceptors (Lipinski definition) is 3. The van der Waals surface area contributed by atoms with Crippen molar-refractivity contribution in [2.75, 3.05) is 0 Å². The van der Waals surface area contributed by atoms with Gasteiger partial charge in [-0.2, -0.15) is 0 Å². The molecule has 4 heteroatoms. The Balaban J connectivity index is 1.47. The van der Waals surface area contributed by atoms with Crippen LogP contribution in [0.4, 0.5) is 0 Å². The number of hydrogen-bond donors (Lipinski definition) is 0. The van der Waals surface area contributed by atoms with Gasteiger partial charge in [0.05, 0.1) is 18.7 Å². The zero-order valence-corrected chi connectivity index (χ0v) is 14.0. The summed E-state index contributed by atoms with van der Waals surface area (Å²) >= 11 is 6.31. The summed E-state index contributed by atoms with van der Waals surface area (Å²) in [6, 6.07) is 10.8. The summed E-state index contributed by atoms with van der Waals surface area (Å²) in [6.45, 7) is 1.19. The maximum Gasteiger partial charge on any atom is 0.135 e. The van der Waals surface area contributed by atoms with Crippen LogP contribution in [0.3, 0.4) is 0 Å². The van der Waals surface area contributed by atoms with E-state index in [0.717, 1.165) is 22.9 Å². The number of halogens is 1. The number of benzene rings is 1. The number of aromatic nitrogens is 2. The van der Waals surface area contributed by atoms with E-state index < -0.39 is 0 Å². The first-order chi connectivity index (χ1) is 11.8. The third-order valence-electron chi connectivity index (χ3n) is 4.96. The van der Waals surface area contributed by atoms with Gasteiger partial charge in [-0.05, 0) is 48.1 Å². The van der Waals surface area contributed by atoms with Crippen molar-refractivity contribution in [3.05, 3.63) is 69.6 Å². The molecular formula is C20H17ClN2O. The molecule has 1 saturated carbocycles. The monoisotopic (exact) mass is 336 g/mol.